The predicted octanol–water partition coefficient (Wildman–Crippen LogP) is 3.07. The highest BCUT2D eigenvalue weighted by Gasteiger charge is 2.33. The first kappa shape index (κ1) is 12.8. The molecule has 2 aromatic rings. The SMILES string of the molecule is Cc1cc(C(=O)N2c3ccc(N)cc3CC2C)c(C)o1. The Bertz CT molecular complexity index is 688. The molecule has 0 fully saturated rings. The zero-order chi connectivity index (χ0) is 14.4. The molecular weight excluding hydrogens is 252 g/mol. The zero-order valence-corrected chi connectivity index (χ0v) is 11.9. The Kier molecular flexibility index (Phi) is 2.82. The summed E-state index contributed by atoms with van der Waals surface area (Å²) in [6.45, 7) is 5.73. The Morgan fingerprint density at radius 3 is 2.75 bits per heavy atom. The Balaban J connectivity index is 2.03. The van der Waals surface area contributed by atoms with Crippen LogP contribution in [-0.4, -0.2) is 11.9 Å². The summed E-state index contributed by atoms with van der Waals surface area (Å²) in [5.74, 6) is 1.43. The van der Waals surface area contributed by atoms with Crippen LogP contribution in [0.4, 0.5) is 11.4 Å². The van der Waals surface area contributed by atoms with E-state index in [1.165, 1.54) is 0 Å². The van der Waals surface area contributed by atoms with Crippen LogP contribution in [0.5, 0.6) is 0 Å². The van der Waals surface area contributed by atoms with E-state index < -0.39 is 0 Å². The Hall–Kier alpha value is -2.23. The maximum absolute atomic E-state index is 12.8. The number of nitrogens with zero attached hydrogens (tertiary/aromatic N) is 1. The largest absolute Gasteiger partial charge is 0.466 e. The van der Waals surface area contributed by atoms with Crippen LogP contribution < -0.4 is 10.6 Å². The molecule has 1 aliphatic rings. The molecule has 20 heavy (non-hydrogen) atoms. The van der Waals surface area contributed by atoms with Gasteiger partial charge in [0.2, 0.25) is 0 Å². The van der Waals surface area contributed by atoms with Crippen molar-refractivity contribution in [1.29, 1.82) is 0 Å². The number of anilines is 2. The fourth-order valence-corrected chi connectivity index (χ4v) is 2.93. The van der Waals surface area contributed by atoms with Crippen LogP contribution in [0, 0.1) is 13.8 Å². The molecule has 3 rings (SSSR count). The molecule has 0 bridgehead atoms. The number of rotatable bonds is 1. The number of furan rings is 1. The first-order chi connectivity index (χ1) is 9.47. The molecule has 0 radical (unpaired) electrons. The quantitative estimate of drug-likeness (QED) is 0.810. The third-order valence-electron chi connectivity index (χ3n) is 3.81. The van der Waals surface area contributed by atoms with Gasteiger partial charge in [-0.15, -0.1) is 0 Å². The lowest BCUT2D eigenvalue weighted by Gasteiger charge is -2.22. The number of amides is 1. The van der Waals surface area contributed by atoms with Gasteiger partial charge >= 0.3 is 0 Å². The van der Waals surface area contributed by atoms with Crippen LogP contribution in [0.25, 0.3) is 0 Å². The molecule has 1 atom stereocenters. The number of benzene rings is 1. The number of carbonyl (C=O) groups excluding carboxylic acids is 1. The second kappa shape index (κ2) is 4.40. The van der Waals surface area contributed by atoms with Gasteiger partial charge in [-0.1, -0.05) is 0 Å². The second-order valence-corrected chi connectivity index (χ2v) is 5.44. The summed E-state index contributed by atoms with van der Waals surface area (Å²) in [7, 11) is 0. The van der Waals surface area contributed by atoms with E-state index in [1.54, 1.807) is 6.07 Å². The minimum Gasteiger partial charge on any atom is -0.466 e. The van der Waals surface area contributed by atoms with E-state index in [1.807, 2.05) is 36.9 Å². The first-order valence-corrected chi connectivity index (χ1v) is 6.76. The first-order valence-electron chi connectivity index (χ1n) is 6.76. The molecule has 4 heteroatoms. The molecule has 2 heterocycles. The molecular formula is C16H18N2O2. The lowest BCUT2D eigenvalue weighted by Crippen LogP contribution is -2.35. The lowest BCUT2D eigenvalue weighted by molar-refractivity contribution is 0.0980. The van der Waals surface area contributed by atoms with Gasteiger partial charge in [-0.3, -0.25) is 4.79 Å². The van der Waals surface area contributed by atoms with Crippen molar-refractivity contribution in [3.8, 4) is 0 Å². The monoisotopic (exact) mass is 270 g/mol. The highest BCUT2D eigenvalue weighted by Crippen LogP contribution is 2.35. The van der Waals surface area contributed by atoms with Crippen LogP contribution >= 0.6 is 0 Å². The van der Waals surface area contributed by atoms with Crippen molar-refractivity contribution in [2.75, 3.05) is 10.6 Å². The zero-order valence-electron chi connectivity index (χ0n) is 11.9. The van der Waals surface area contributed by atoms with Gasteiger partial charge in [-0.25, -0.2) is 0 Å². The maximum atomic E-state index is 12.8. The van der Waals surface area contributed by atoms with Crippen molar-refractivity contribution < 1.29 is 9.21 Å². The number of carbonyl (C=O) groups is 1. The normalized spacial score (nSPS) is 17.4. The molecule has 104 valence electrons. The average molecular weight is 270 g/mol. The van der Waals surface area contributed by atoms with Gasteiger partial charge in [0.15, 0.2) is 0 Å². The maximum Gasteiger partial charge on any atom is 0.262 e. The minimum absolute atomic E-state index is 0.00429. The van der Waals surface area contributed by atoms with E-state index in [0.29, 0.717) is 11.3 Å². The van der Waals surface area contributed by atoms with Gasteiger partial charge in [-0.2, -0.15) is 0 Å². The van der Waals surface area contributed by atoms with E-state index in [4.69, 9.17) is 10.2 Å². The number of hydrogen-bond acceptors (Lipinski definition) is 3. The smallest absolute Gasteiger partial charge is 0.262 e. The summed E-state index contributed by atoms with van der Waals surface area (Å²) in [6.07, 6.45) is 0.835. The van der Waals surface area contributed by atoms with Gasteiger partial charge in [0, 0.05) is 17.4 Å². The van der Waals surface area contributed by atoms with Crippen molar-refractivity contribution in [1.82, 2.24) is 0 Å². The van der Waals surface area contributed by atoms with Gasteiger partial charge in [0.05, 0.1) is 5.56 Å². The van der Waals surface area contributed by atoms with E-state index in [9.17, 15) is 4.79 Å². The van der Waals surface area contributed by atoms with E-state index >= 15 is 0 Å². The van der Waals surface area contributed by atoms with Crippen molar-refractivity contribution in [3.63, 3.8) is 0 Å². The van der Waals surface area contributed by atoms with Crippen molar-refractivity contribution in [3.05, 3.63) is 46.9 Å². The minimum atomic E-state index is -0.00429. The van der Waals surface area contributed by atoms with Crippen LogP contribution in [0.2, 0.25) is 0 Å². The second-order valence-electron chi connectivity index (χ2n) is 5.44. The van der Waals surface area contributed by atoms with Crippen molar-refractivity contribution >= 4 is 17.3 Å². The molecule has 1 aliphatic heterocycles. The highest BCUT2D eigenvalue weighted by atomic mass is 16.3. The third-order valence-corrected chi connectivity index (χ3v) is 3.81. The number of nitrogen functional groups attached to an aromatic ring is 1. The van der Waals surface area contributed by atoms with Crippen LogP contribution in [0.1, 0.15) is 34.4 Å². The van der Waals surface area contributed by atoms with E-state index in [-0.39, 0.29) is 11.9 Å². The average Bonchev–Trinajstić information content (AvgIpc) is 2.87. The standard InChI is InChI=1S/C16H18N2O2/c1-9-6-12-8-13(17)4-5-15(12)18(9)16(19)14-7-10(2)20-11(14)3/h4-5,7-9H,6,17H2,1-3H3. The van der Waals surface area contributed by atoms with Crippen LogP contribution in [0.3, 0.4) is 0 Å². The lowest BCUT2D eigenvalue weighted by atomic mass is 10.1. The molecule has 0 spiro atoms. The fraction of sp³-hybridized carbons (Fsp3) is 0.312. The van der Waals surface area contributed by atoms with E-state index in [2.05, 4.69) is 6.92 Å². The summed E-state index contributed by atoms with van der Waals surface area (Å²) in [5.41, 5.74) is 9.27. The summed E-state index contributed by atoms with van der Waals surface area (Å²) >= 11 is 0. The van der Waals surface area contributed by atoms with Gasteiger partial charge in [0.1, 0.15) is 11.5 Å². The van der Waals surface area contributed by atoms with Crippen LogP contribution in [0.15, 0.2) is 28.7 Å². The molecule has 2 N–H and O–H groups in total. The Labute approximate surface area is 118 Å². The summed E-state index contributed by atoms with van der Waals surface area (Å²) in [5, 5.41) is 0. The summed E-state index contributed by atoms with van der Waals surface area (Å²) in [6, 6.07) is 7.65. The molecule has 0 aliphatic carbocycles. The van der Waals surface area contributed by atoms with Crippen molar-refractivity contribution in [2.24, 2.45) is 0 Å². The highest BCUT2D eigenvalue weighted by molar-refractivity contribution is 6.08. The molecule has 1 unspecified atom stereocenters. The topological polar surface area (TPSA) is 59.5 Å². The number of nitrogens with two attached hydrogens (primary N) is 1. The molecule has 1 amide bonds. The number of aryl methyl sites for hydroxylation is 2. The molecule has 1 aromatic heterocycles. The third kappa shape index (κ3) is 1.88. The molecule has 0 saturated heterocycles. The van der Waals surface area contributed by atoms with Gasteiger partial charge in [-0.05, 0) is 57.0 Å². The fourth-order valence-electron chi connectivity index (χ4n) is 2.93. The molecule has 1 aromatic carbocycles. The van der Waals surface area contributed by atoms with Crippen molar-refractivity contribution in [2.45, 2.75) is 33.2 Å². The Morgan fingerprint density at radius 2 is 2.10 bits per heavy atom. The van der Waals surface area contributed by atoms with Gasteiger partial charge < -0.3 is 15.1 Å². The Morgan fingerprint density at radius 1 is 1.35 bits per heavy atom. The number of fused-ring (bicyclic) bond motifs is 1. The predicted molar refractivity (Wildman–Crippen MR) is 79.0 cm³/mol. The van der Waals surface area contributed by atoms with E-state index in [0.717, 1.165) is 29.1 Å². The summed E-state index contributed by atoms with van der Waals surface area (Å²) in [4.78, 5) is 14.6. The molecule has 0 saturated carbocycles. The van der Waals surface area contributed by atoms with Crippen LogP contribution in [-0.2, 0) is 6.42 Å². The summed E-state index contributed by atoms with van der Waals surface area (Å²) < 4.78 is 5.47. The van der Waals surface area contributed by atoms with Gasteiger partial charge in [0.25, 0.3) is 5.91 Å². The number of hydrogen-bond donors (Lipinski definition) is 1. The molecule has 4 nitrogen and oxygen atoms in total.